The first kappa shape index (κ1) is 12.0. The molecule has 0 aliphatic heterocycles. The van der Waals surface area contributed by atoms with Crippen molar-refractivity contribution in [3.05, 3.63) is 0 Å². The Hall–Kier alpha value is -0.0400. The summed E-state index contributed by atoms with van der Waals surface area (Å²) < 4.78 is 0. The standard InChI is InChI=1S/C11H24O/c1-5-6-7-8-10(12)9-11(2,3)4/h10,12H,5-9H2,1-4H3. The van der Waals surface area contributed by atoms with Crippen LogP contribution < -0.4 is 0 Å². The molecule has 0 bridgehead atoms. The third kappa shape index (κ3) is 8.06. The van der Waals surface area contributed by atoms with Crippen molar-refractivity contribution in [3.8, 4) is 0 Å². The first-order valence-corrected chi connectivity index (χ1v) is 5.14. The third-order valence-electron chi connectivity index (χ3n) is 1.99. The quantitative estimate of drug-likeness (QED) is 0.630. The van der Waals surface area contributed by atoms with Crippen LogP contribution in [0.2, 0.25) is 0 Å². The summed E-state index contributed by atoms with van der Waals surface area (Å²) in [6.07, 6.45) is 5.48. The van der Waals surface area contributed by atoms with Crippen molar-refractivity contribution in [3.63, 3.8) is 0 Å². The van der Waals surface area contributed by atoms with Crippen LogP contribution in [0.25, 0.3) is 0 Å². The molecule has 1 heteroatoms. The van der Waals surface area contributed by atoms with Gasteiger partial charge in [0.25, 0.3) is 0 Å². The molecule has 0 rings (SSSR count). The van der Waals surface area contributed by atoms with Crippen LogP contribution in [-0.2, 0) is 0 Å². The zero-order chi connectivity index (χ0) is 9.61. The van der Waals surface area contributed by atoms with E-state index in [1.807, 2.05) is 0 Å². The lowest BCUT2D eigenvalue weighted by Crippen LogP contribution is -2.17. The van der Waals surface area contributed by atoms with Crippen LogP contribution in [0.4, 0.5) is 0 Å². The molecule has 0 fully saturated rings. The Morgan fingerprint density at radius 1 is 1.17 bits per heavy atom. The molecular weight excluding hydrogens is 148 g/mol. The fourth-order valence-electron chi connectivity index (χ4n) is 1.44. The monoisotopic (exact) mass is 172 g/mol. The first-order chi connectivity index (χ1) is 5.45. The van der Waals surface area contributed by atoms with E-state index in [1.54, 1.807) is 0 Å². The van der Waals surface area contributed by atoms with Crippen molar-refractivity contribution in [1.29, 1.82) is 0 Å². The van der Waals surface area contributed by atoms with E-state index in [4.69, 9.17) is 0 Å². The van der Waals surface area contributed by atoms with Gasteiger partial charge in [0.05, 0.1) is 6.10 Å². The van der Waals surface area contributed by atoms with Crippen LogP contribution in [-0.4, -0.2) is 11.2 Å². The van der Waals surface area contributed by atoms with Gasteiger partial charge in [0, 0.05) is 0 Å². The van der Waals surface area contributed by atoms with Crippen LogP contribution in [0.3, 0.4) is 0 Å². The number of rotatable bonds is 5. The molecule has 1 nitrogen and oxygen atoms in total. The van der Waals surface area contributed by atoms with Gasteiger partial charge in [-0.3, -0.25) is 0 Å². The minimum absolute atomic E-state index is 0.0865. The van der Waals surface area contributed by atoms with Crippen molar-refractivity contribution in [2.24, 2.45) is 5.41 Å². The topological polar surface area (TPSA) is 20.2 Å². The highest BCUT2D eigenvalue weighted by molar-refractivity contribution is 4.67. The summed E-state index contributed by atoms with van der Waals surface area (Å²) >= 11 is 0. The number of hydrogen-bond acceptors (Lipinski definition) is 1. The van der Waals surface area contributed by atoms with Gasteiger partial charge in [-0.15, -0.1) is 0 Å². The number of aliphatic hydroxyl groups excluding tert-OH is 1. The van der Waals surface area contributed by atoms with Gasteiger partial charge >= 0.3 is 0 Å². The zero-order valence-corrected chi connectivity index (χ0v) is 9.06. The summed E-state index contributed by atoms with van der Waals surface area (Å²) in [6, 6.07) is 0. The summed E-state index contributed by atoms with van der Waals surface area (Å²) in [5.74, 6) is 0. The first-order valence-electron chi connectivity index (χ1n) is 5.14. The summed E-state index contributed by atoms with van der Waals surface area (Å²) in [5, 5.41) is 9.61. The van der Waals surface area contributed by atoms with Gasteiger partial charge < -0.3 is 5.11 Å². The second kappa shape index (κ2) is 5.58. The molecule has 1 unspecified atom stereocenters. The SMILES string of the molecule is CCCCCC(O)CC(C)(C)C. The Morgan fingerprint density at radius 3 is 2.17 bits per heavy atom. The largest absolute Gasteiger partial charge is 0.393 e. The molecule has 0 amide bonds. The average Bonchev–Trinajstić information content (AvgIpc) is 1.84. The average molecular weight is 172 g/mol. The van der Waals surface area contributed by atoms with Gasteiger partial charge in [-0.1, -0.05) is 47.0 Å². The second-order valence-corrected chi connectivity index (χ2v) is 4.91. The van der Waals surface area contributed by atoms with Gasteiger partial charge in [-0.05, 0) is 18.3 Å². The Morgan fingerprint density at radius 2 is 1.75 bits per heavy atom. The number of aliphatic hydroxyl groups is 1. The summed E-state index contributed by atoms with van der Waals surface area (Å²) in [7, 11) is 0. The number of unbranched alkanes of at least 4 members (excludes halogenated alkanes) is 2. The van der Waals surface area contributed by atoms with E-state index >= 15 is 0 Å². The maximum Gasteiger partial charge on any atom is 0.0545 e. The molecule has 0 radical (unpaired) electrons. The molecule has 0 saturated heterocycles. The molecule has 0 aromatic rings. The van der Waals surface area contributed by atoms with E-state index in [2.05, 4.69) is 27.7 Å². The zero-order valence-electron chi connectivity index (χ0n) is 9.06. The molecule has 1 N–H and O–H groups in total. The lowest BCUT2D eigenvalue weighted by Gasteiger charge is -2.22. The van der Waals surface area contributed by atoms with E-state index in [1.165, 1.54) is 19.3 Å². The highest BCUT2D eigenvalue weighted by Crippen LogP contribution is 2.22. The third-order valence-corrected chi connectivity index (χ3v) is 1.99. The minimum atomic E-state index is -0.0865. The van der Waals surface area contributed by atoms with E-state index < -0.39 is 0 Å². The van der Waals surface area contributed by atoms with E-state index in [0.29, 0.717) is 0 Å². The van der Waals surface area contributed by atoms with Gasteiger partial charge in [0.15, 0.2) is 0 Å². The van der Waals surface area contributed by atoms with Crippen molar-refractivity contribution in [2.45, 2.75) is 65.9 Å². The lowest BCUT2D eigenvalue weighted by molar-refractivity contribution is 0.110. The Labute approximate surface area is 77.2 Å². The predicted molar refractivity (Wildman–Crippen MR) is 54.2 cm³/mol. The van der Waals surface area contributed by atoms with Gasteiger partial charge in [-0.2, -0.15) is 0 Å². The van der Waals surface area contributed by atoms with Crippen molar-refractivity contribution in [1.82, 2.24) is 0 Å². The highest BCUT2D eigenvalue weighted by atomic mass is 16.3. The molecule has 12 heavy (non-hydrogen) atoms. The maximum atomic E-state index is 9.61. The van der Waals surface area contributed by atoms with Crippen molar-refractivity contribution in [2.75, 3.05) is 0 Å². The molecular formula is C11H24O. The molecule has 0 aliphatic carbocycles. The summed E-state index contributed by atoms with van der Waals surface area (Å²) in [5.41, 5.74) is 0.269. The number of hydrogen-bond donors (Lipinski definition) is 1. The van der Waals surface area contributed by atoms with Gasteiger partial charge in [-0.25, -0.2) is 0 Å². The smallest absolute Gasteiger partial charge is 0.0545 e. The Bertz CT molecular complexity index is 102. The van der Waals surface area contributed by atoms with Gasteiger partial charge in [0.1, 0.15) is 0 Å². The molecule has 0 spiro atoms. The van der Waals surface area contributed by atoms with E-state index in [-0.39, 0.29) is 11.5 Å². The van der Waals surface area contributed by atoms with E-state index in [0.717, 1.165) is 12.8 Å². The van der Waals surface area contributed by atoms with E-state index in [9.17, 15) is 5.11 Å². The van der Waals surface area contributed by atoms with Crippen LogP contribution >= 0.6 is 0 Å². The highest BCUT2D eigenvalue weighted by Gasteiger charge is 2.15. The summed E-state index contributed by atoms with van der Waals surface area (Å²) in [4.78, 5) is 0. The van der Waals surface area contributed by atoms with Gasteiger partial charge in [0.2, 0.25) is 0 Å². The normalized spacial score (nSPS) is 14.8. The van der Waals surface area contributed by atoms with Crippen LogP contribution in [0.1, 0.15) is 59.8 Å². The maximum absolute atomic E-state index is 9.61. The molecule has 0 aromatic heterocycles. The predicted octanol–water partition coefficient (Wildman–Crippen LogP) is 3.36. The van der Waals surface area contributed by atoms with Crippen molar-refractivity contribution < 1.29 is 5.11 Å². The van der Waals surface area contributed by atoms with Crippen molar-refractivity contribution >= 4 is 0 Å². The molecule has 0 aromatic carbocycles. The van der Waals surface area contributed by atoms with Crippen LogP contribution in [0.15, 0.2) is 0 Å². The molecule has 74 valence electrons. The molecule has 0 heterocycles. The second-order valence-electron chi connectivity index (χ2n) is 4.91. The van der Waals surface area contributed by atoms with Crippen LogP contribution in [0, 0.1) is 5.41 Å². The van der Waals surface area contributed by atoms with Crippen LogP contribution in [0.5, 0.6) is 0 Å². The Kier molecular flexibility index (Phi) is 5.56. The fraction of sp³-hybridized carbons (Fsp3) is 1.00. The lowest BCUT2D eigenvalue weighted by atomic mass is 9.88. The minimum Gasteiger partial charge on any atom is -0.393 e. The molecule has 0 aliphatic rings. The Balaban J connectivity index is 3.40. The molecule has 0 saturated carbocycles. The molecule has 1 atom stereocenters. The summed E-state index contributed by atoms with van der Waals surface area (Å²) in [6.45, 7) is 8.72. The fourth-order valence-corrected chi connectivity index (χ4v) is 1.44.